The summed E-state index contributed by atoms with van der Waals surface area (Å²) < 4.78 is 22.4. The van der Waals surface area contributed by atoms with Gasteiger partial charge in [0.15, 0.2) is 0 Å². The molecule has 0 spiro atoms. The first kappa shape index (κ1) is 10.4. The van der Waals surface area contributed by atoms with E-state index in [-0.39, 0.29) is 17.9 Å². The van der Waals surface area contributed by atoms with Crippen molar-refractivity contribution in [2.45, 2.75) is 0 Å². The summed E-state index contributed by atoms with van der Waals surface area (Å²) in [7, 11) is 0. The van der Waals surface area contributed by atoms with Gasteiger partial charge in [-0.05, 0) is 12.1 Å². The molecule has 0 saturated carbocycles. The predicted molar refractivity (Wildman–Crippen MR) is 50.9 cm³/mol. The Hall–Kier alpha value is -2.17. The van der Waals surface area contributed by atoms with Crippen LogP contribution in [0.2, 0.25) is 0 Å². The highest BCUT2D eigenvalue weighted by Crippen LogP contribution is 2.14. The van der Waals surface area contributed by atoms with E-state index in [0.717, 1.165) is 6.07 Å². The van der Waals surface area contributed by atoms with Gasteiger partial charge in [0.1, 0.15) is 12.4 Å². The fraction of sp³-hybridized carbons (Fsp3) is 0.0909. The van der Waals surface area contributed by atoms with Crippen molar-refractivity contribution >= 4 is 11.9 Å². The summed E-state index contributed by atoms with van der Waals surface area (Å²) >= 11 is 0. The van der Waals surface area contributed by atoms with Crippen molar-refractivity contribution in [1.29, 1.82) is 0 Å². The number of rotatable bonds is 2. The third kappa shape index (κ3) is 1.93. The molecule has 1 aromatic carbocycles. The number of esters is 2. The van der Waals surface area contributed by atoms with Crippen LogP contribution in [0.4, 0.5) is 4.39 Å². The van der Waals surface area contributed by atoms with Crippen LogP contribution >= 0.6 is 0 Å². The van der Waals surface area contributed by atoms with Crippen molar-refractivity contribution < 1.29 is 23.5 Å². The van der Waals surface area contributed by atoms with Gasteiger partial charge in [-0.15, -0.1) is 0 Å². The van der Waals surface area contributed by atoms with Gasteiger partial charge < -0.3 is 9.47 Å². The summed E-state index contributed by atoms with van der Waals surface area (Å²) in [6, 6.07) is 5.37. The van der Waals surface area contributed by atoms with E-state index in [4.69, 9.17) is 4.74 Å². The maximum absolute atomic E-state index is 13.2. The highest BCUT2D eigenvalue weighted by atomic mass is 19.1. The predicted octanol–water partition coefficient (Wildman–Crippen LogP) is 1.42. The lowest BCUT2D eigenvalue weighted by molar-refractivity contribution is -0.138. The summed E-state index contributed by atoms with van der Waals surface area (Å²) in [5.41, 5.74) is -0.219. The Morgan fingerprint density at radius 1 is 1.38 bits per heavy atom. The van der Waals surface area contributed by atoms with E-state index in [1.165, 1.54) is 24.3 Å². The molecule has 0 N–H and O–H groups in total. The van der Waals surface area contributed by atoms with Crippen LogP contribution < -0.4 is 0 Å². The van der Waals surface area contributed by atoms with Gasteiger partial charge in [0.2, 0.25) is 5.76 Å². The zero-order valence-corrected chi connectivity index (χ0v) is 8.10. The van der Waals surface area contributed by atoms with Crippen molar-refractivity contribution in [3.05, 3.63) is 47.5 Å². The van der Waals surface area contributed by atoms with Crippen molar-refractivity contribution in [3.8, 4) is 0 Å². The van der Waals surface area contributed by atoms with E-state index in [9.17, 15) is 14.0 Å². The first-order valence-electron chi connectivity index (χ1n) is 4.52. The molecule has 1 aliphatic rings. The first-order valence-corrected chi connectivity index (χ1v) is 4.52. The van der Waals surface area contributed by atoms with E-state index >= 15 is 0 Å². The summed E-state index contributed by atoms with van der Waals surface area (Å²) in [4.78, 5) is 22.4. The SMILES string of the molecule is O=C1OCC=C1OC(=O)c1ccccc1F. The molecule has 0 aromatic heterocycles. The highest BCUT2D eigenvalue weighted by molar-refractivity contribution is 5.96. The molecule has 4 nitrogen and oxygen atoms in total. The molecule has 16 heavy (non-hydrogen) atoms. The molecule has 0 aliphatic carbocycles. The van der Waals surface area contributed by atoms with Gasteiger partial charge in [-0.3, -0.25) is 0 Å². The normalized spacial score (nSPS) is 14.3. The standard InChI is InChI=1S/C11H7FO4/c12-8-4-2-1-3-7(8)10(13)16-9-5-6-15-11(9)14/h1-5H,6H2. The molecular weight excluding hydrogens is 215 g/mol. The molecule has 1 heterocycles. The Morgan fingerprint density at radius 2 is 2.12 bits per heavy atom. The lowest BCUT2D eigenvalue weighted by atomic mass is 10.2. The molecule has 0 radical (unpaired) electrons. The van der Waals surface area contributed by atoms with Crippen LogP contribution in [-0.2, 0) is 14.3 Å². The number of halogens is 1. The largest absolute Gasteiger partial charge is 0.455 e. The van der Waals surface area contributed by atoms with Gasteiger partial charge in [-0.2, -0.15) is 0 Å². The molecule has 0 fully saturated rings. The lowest BCUT2D eigenvalue weighted by Gasteiger charge is -2.03. The summed E-state index contributed by atoms with van der Waals surface area (Å²) in [5.74, 6) is -2.53. The van der Waals surface area contributed by atoms with Crippen molar-refractivity contribution in [2.24, 2.45) is 0 Å². The fourth-order valence-electron chi connectivity index (χ4n) is 1.21. The van der Waals surface area contributed by atoms with E-state index in [2.05, 4.69) is 4.74 Å². The molecular formula is C11H7FO4. The second-order valence-electron chi connectivity index (χ2n) is 3.04. The number of carbonyl (C=O) groups excluding carboxylic acids is 2. The van der Waals surface area contributed by atoms with Gasteiger partial charge in [-0.1, -0.05) is 12.1 Å². The molecule has 82 valence electrons. The molecule has 0 amide bonds. The maximum Gasteiger partial charge on any atom is 0.374 e. The molecule has 0 saturated heterocycles. The lowest BCUT2D eigenvalue weighted by Crippen LogP contribution is -2.11. The first-order chi connectivity index (χ1) is 7.68. The highest BCUT2D eigenvalue weighted by Gasteiger charge is 2.23. The number of carbonyl (C=O) groups is 2. The van der Waals surface area contributed by atoms with Crippen molar-refractivity contribution in [3.63, 3.8) is 0 Å². The Bertz CT molecular complexity index is 479. The summed E-state index contributed by atoms with van der Waals surface area (Å²) in [6.45, 7) is 0.0682. The van der Waals surface area contributed by atoms with Crippen molar-refractivity contribution in [1.82, 2.24) is 0 Å². The zero-order chi connectivity index (χ0) is 11.5. The van der Waals surface area contributed by atoms with E-state index < -0.39 is 17.8 Å². The van der Waals surface area contributed by atoms with Crippen LogP contribution in [0.25, 0.3) is 0 Å². The van der Waals surface area contributed by atoms with Gasteiger partial charge in [0.25, 0.3) is 0 Å². The second kappa shape index (κ2) is 4.14. The van der Waals surface area contributed by atoms with E-state index in [1.807, 2.05) is 0 Å². The zero-order valence-electron chi connectivity index (χ0n) is 8.10. The van der Waals surface area contributed by atoms with E-state index in [0.29, 0.717) is 0 Å². The van der Waals surface area contributed by atoms with Crippen LogP contribution in [0.15, 0.2) is 36.1 Å². The van der Waals surface area contributed by atoms with Crippen LogP contribution in [0, 0.1) is 5.82 Å². The molecule has 1 aromatic rings. The van der Waals surface area contributed by atoms with Gasteiger partial charge in [0, 0.05) is 6.08 Å². The van der Waals surface area contributed by atoms with Gasteiger partial charge >= 0.3 is 11.9 Å². The topological polar surface area (TPSA) is 52.6 Å². The van der Waals surface area contributed by atoms with Gasteiger partial charge in [0.05, 0.1) is 5.56 Å². The van der Waals surface area contributed by atoms with E-state index in [1.54, 1.807) is 0 Å². The Balaban J connectivity index is 2.15. The number of cyclic esters (lactones) is 1. The van der Waals surface area contributed by atoms with Crippen LogP contribution in [0.5, 0.6) is 0 Å². The third-order valence-corrected chi connectivity index (χ3v) is 1.98. The summed E-state index contributed by atoms with van der Waals surface area (Å²) in [6.07, 6.45) is 1.32. The fourth-order valence-corrected chi connectivity index (χ4v) is 1.21. The molecule has 1 aliphatic heterocycles. The van der Waals surface area contributed by atoms with Gasteiger partial charge in [-0.25, -0.2) is 14.0 Å². The number of ether oxygens (including phenoxy) is 2. The number of benzene rings is 1. The smallest absolute Gasteiger partial charge is 0.374 e. The number of hydrogen-bond donors (Lipinski definition) is 0. The molecule has 0 unspecified atom stereocenters. The van der Waals surface area contributed by atoms with Crippen molar-refractivity contribution in [2.75, 3.05) is 6.61 Å². The monoisotopic (exact) mass is 222 g/mol. The third-order valence-electron chi connectivity index (χ3n) is 1.98. The Labute approximate surface area is 90.3 Å². The average molecular weight is 222 g/mol. The Morgan fingerprint density at radius 3 is 2.75 bits per heavy atom. The van der Waals surface area contributed by atoms with Crippen LogP contribution in [0.1, 0.15) is 10.4 Å². The number of hydrogen-bond acceptors (Lipinski definition) is 4. The minimum absolute atomic E-state index is 0.0682. The molecule has 5 heteroatoms. The Kier molecular flexibility index (Phi) is 2.68. The minimum atomic E-state index is -0.914. The average Bonchev–Trinajstić information content (AvgIpc) is 2.65. The van der Waals surface area contributed by atoms with Crippen LogP contribution in [0.3, 0.4) is 0 Å². The molecule has 0 bridgehead atoms. The van der Waals surface area contributed by atoms with Crippen LogP contribution in [-0.4, -0.2) is 18.5 Å². The minimum Gasteiger partial charge on any atom is -0.455 e. The summed E-state index contributed by atoms with van der Waals surface area (Å²) in [5, 5.41) is 0. The quantitative estimate of drug-likeness (QED) is 0.710. The maximum atomic E-state index is 13.2. The molecule has 0 atom stereocenters. The second-order valence-corrected chi connectivity index (χ2v) is 3.04. The molecule has 2 rings (SSSR count).